The van der Waals surface area contributed by atoms with Gasteiger partial charge in [0.2, 0.25) is 0 Å². The predicted molar refractivity (Wildman–Crippen MR) is 98.7 cm³/mol. The van der Waals surface area contributed by atoms with Crippen LogP contribution in [0.4, 0.5) is 0 Å². The van der Waals surface area contributed by atoms with Gasteiger partial charge in [-0.1, -0.05) is 30.3 Å². The van der Waals surface area contributed by atoms with E-state index in [1.165, 1.54) is 6.08 Å². The standard InChI is InChI=1S/C21H28O6/c1-20(2,3)25-16(22)12-11-15-17(23-13-14-9-7-6-8-10-14)18-19(24-15)27-21(4,5)26-18/h6-12,15,17-19H,13H2,1-5H3/b12-11+/t15-,17+,18-,19-/m1/s1. The molecule has 148 valence electrons. The molecule has 0 aromatic heterocycles. The van der Waals surface area contributed by atoms with Crippen molar-refractivity contribution in [3.8, 4) is 0 Å². The molecule has 1 aromatic carbocycles. The van der Waals surface area contributed by atoms with Gasteiger partial charge < -0.3 is 23.7 Å². The van der Waals surface area contributed by atoms with E-state index < -0.39 is 35.9 Å². The van der Waals surface area contributed by atoms with Crippen LogP contribution in [-0.2, 0) is 35.1 Å². The lowest BCUT2D eigenvalue weighted by Gasteiger charge is -2.24. The van der Waals surface area contributed by atoms with Crippen molar-refractivity contribution in [2.75, 3.05) is 0 Å². The first kappa shape index (κ1) is 20.0. The van der Waals surface area contributed by atoms with Gasteiger partial charge in [-0.3, -0.25) is 0 Å². The third kappa shape index (κ3) is 5.39. The number of rotatable bonds is 5. The zero-order valence-corrected chi connectivity index (χ0v) is 16.5. The highest BCUT2D eigenvalue weighted by Crippen LogP contribution is 2.39. The topological polar surface area (TPSA) is 63.2 Å². The molecule has 2 heterocycles. The summed E-state index contributed by atoms with van der Waals surface area (Å²) >= 11 is 0. The van der Waals surface area contributed by atoms with E-state index in [0.29, 0.717) is 6.61 Å². The van der Waals surface area contributed by atoms with Gasteiger partial charge in [-0.2, -0.15) is 0 Å². The van der Waals surface area contributed by atoms with Gasteiger partial charge >= 0.3 is 5.97 Å². The average Bonchev–Trinajstić information content (AvgIpc) is 3.02. The average molecular weight is 376 g/mol. The van der Waals surface area contributed by atoms with Gasteiger partial charge in [-0.15, -0.1) is 0 Å². The zero-order chi connectivity index (χ0) is 19.7. The first-order chi connectivity index (χ1) is 12.6. The molecule has 0 saturated carbocycles. The van der Waals surface area contributed by atoms with Crippen LogP contribution >= 0.6 is 0 Å². The van der Waals surface area contributed by atoms with E-state index >= 15 is 0 Å². The molecule has 0 unspecified atom stereocenters. The van der Waals surface area contributed by atoms with Gasteiger partial charge in [-0.25, -0.2) is 4.79 Å². The first-order valence-corrected chi connectivity index (χ1v) is 9.21. The summed E-state index contributed by atoms with van der Waals surface area (Å²) in [5.74, 6) is -1.16. The maximum Gasteiger partial charge on any atom is 0.331 e. The summed E-state index contributed by atoms with van der Waals surface area (Å²) in [6, 6.07) is 9.88. The summed E-state index contributed by atoms with van der Waals surface area (Å²) in [7, 11) is 0. The summed E-state index contributed by atoms with van der Waals surface area (Å²) in [5, 5.41) is 0. The maximum absolute atomic E-state index is 12.0. The predicted octanol–water partition coefficient (Wildman–Crippen LogP) is 3.35. The number of carbonyl (C=O) groups is 1. The van der Waals surface area contributed by atoms with Crippen molar-refractivity contribution in [2.45, 2.75) is 77.2 Å². The van der Waals surface area contributed by atoms with E-state index in [2.05, 4.69) is 0 Å². The third-order valence-electron chi connectivity index (χ3n) is 4.14. The second-order valence-electron chi connectivity index (χ2n) is 8.22. The molecule has 0 aliphatic carbocycles. The van der Waals surface area contributed by atoms with Crippen LogP contribution in [0.2, 0.25) is 0 Å². The molecule has 2 aliphatic rings. The van der Waals surface area contributed by atoms with Crippen LogP contribution in [0.3, 0.4) is 0 Å². The molecule has 0 bridgehead atoms. The van der Waals surface area contributed by atoms with E-state index in [-0.39, 0.29) is 6.10 Å². The van der Waals surface area contributed by atoms with E-state index in [4.69, 9.17) is 23.7 Å². The Balaban J connectivity index is 1.69. The van der Waals surface area contributed by atoms with Gasteiger partial charge in [0.15, 0.2) is 12.1 Å². The molecule has 6 nitrogen and oxygen atoms in total. The Kier molecular flexibility index (Phi) is 5.72. The molecule has 1 aromatic rings. The Morgan fingerprint density at radius 3 is 2.56 bits per heavy atom. The third-order valence-corrected chi connectivity index (χ3v) is 4.14. The van der Waals surface area contributed by atoms with Gasteiger partial charge in [0.05, 0.1) is 6.61 Å². The molecule has 6 heteroatoms. The number of esters is 1. The lowest BCUT2D eigenvalue weighted by atomic mass is 10.1. The van der Waals surface area contributed by atoms with Gasteiger partial charge in [0, 0.05) is 6.08 Å². The number of hydrogen-bond acceptors (Lipinski definition) is 6. The second-order valence-corrected chi connectivity index (χ2v) is 8.22. The quantitative estimate of drug-likeness (QED) is 0.580. The molecule has 2 fully saturated rings. The fourth-order valence-corrected chi connectivity index (χ4v) is 3.12. The first-order valence-electron chi connectivity index (χ1n) is 9.21. The van der Waals surface area contributed by atoms with Crippen molar-refractivity contribution in [2.24, 2.45) is 0 Å². The van der Waals surface area contributed by atoms with E-state index in [1.807, 2.05) is 65.0 Å². The smallest absolute Gasteiger partial charge is 0.331 e. The summed E-state index contributed by atoms with van der Waals surface area (Å²) in [6.07, 6.45) is 1.28. The summed E-state index contributed by atoms with van der Waals surface area (Å²) in [5.41, 5.74) is 0.502. The number of benzene rings is 1. The van der Waals surface area contributed by atoms with Gasteiger partial charge in [0.1, 0.15) is 23.9 Å². The zero-order valence-electron chi connectivity index (χ0n) is 16.5. The van der Waals surface area contributed by atoms with Crippen LogP contribution in [0, 0.1) is 0 Å². The highest BCUT2D eigenvalue weighted by molar-refractivity contribution is 5.82. The lowest BCUT2D eigenvalue weighted by molar-refractivity contribution is -0.213. The molecule has 27 heavy (non-hydrogen) atoms. The van der Waals surface area contributed by atoms with E-state index in [1.54, 1.807) is 6.08 Å². The molecule has 0 spiro atoms. The Morgan fingerprint density at radius 1 is 1.19 bits per heavy atom. The Morgan fingerprint density at radius 2 is 1.89 bits per heavy atom. The minimum atomic E-state index is -0.733. The summed E-state index contributed by atoms with van der Waals surface area (Å²) < 4.78 is 29.1. The van der Waals surface area contributed by atoms with Crippen LogP contribution in [0.25, 0.3) is 0 Å². The fourth-order valence-electron chi connectivity index (χ4n) is 3.12. The van der Waals surface area contributed by atoms with Crippen LogP contribution in [-0.4, -0.2) is 42.0 Å². The van der Waals surface area contributed by atoms with E-state index in [0.717, 1.165) is 5.56 Å². The number of hydrogen-bond donors (Lipinski definition) is 0. The second kappa shape index (κ2) is 7.72. The molecule has 0 N–H and O–H groups in total. The molecular formula is C21H28O6. The Bertz CT molecular complexity index is 676. The SMILES string of the molecule is CC(C)(C)OC(=O)/C=C/[C@H]1O[C@@H]2OC(C)(C)O[C@@H]2[C@H]1OCc1ccccc1. The molecular weight excluding hydrogens is 348 g/mol. The van der Waals surface area contributed by atoms with Crippen LogP contribution < -0.4 is 0 Å². The minimum absolute atomic E-state index is 0.364. The van der Waals surface area contributed by atoms with E-state index in [9.17, 15) is 4.79 Å². The van der Waals surface area contributed by atoms with Crippen molar-refractivity contribution < 1.29 is 28.5 Å². The monoisotopic (exact) mass is 376 g/mol. The highest BCUT2D eigenvalue weighted by Gasteiger charge is 2.54. The largest absolute Gasteiger partial charge is 0.457 e. The lowest BCUT2D eigenvalue weighted by Crippen LogP contribution is -2.36. The van der Waals surface area contributed by atoms with Crippen molar-refractivity contribution in [3.05, 3.63) is 48.0 Å². The maximum atomic E-state index is 12.0. The molecule has 0 amide bonds. The summed E-state index contributed by atoms with van der Waals surface area (Å²) in [6.45, 7) is 9.57. The number of ether oxygens (including phenoxy) is 5. The van der Waals surface area contributed by atoms with Crippen LogP contribution in [0.5, 0.6) is 0 Å². The number of fused-ring (bicyclic) bond motifs is 1. The minimum Gasteiger partial charge on any atom is -0.457 e. The van der Waals surface area contributed by atoms with Gasteiger partial charge in [-0.05, 0) is 46.3 Å². The normalized spacial score (nSPS) is 29.8. The van der Waals surface area contributed by atoms with Crippen molar-refractivity contribution in [1.29, 1.82) is 0 Å². The molecule has 2 saturated heterocycles. The molecule has 4 atom stereocenters. The van der Waals surface area contributed by atoms with Crippen LogP contribution in [0.15, 0.2) is 42.5 Å². The van der Waals surface area contributed by atoms with Gasteiger partial charge in [0.25, 0.3) is 0 Å². The molecule has 2 aliphatic heterocycles. The Labute approximate surface area is 160 Å². The number of carbonyl (C=O) groups excluding carboxylic acids is 1. The molecule has 0 radical (unpaired) electrons. The van der Waals surface area contributed by atoms with Crippen molar-refractivity contribution in [1.82, 2.24) is 0 Å². The highest BCUT2D eigenvalue weighted by atomic mass is 16.8. The van der Waals surface area contributed by atoms with Crippen molar-refractivity contribution >= 4 is 5.97 Å². The van der Waals surface area contributed by atoms with Crippen molar-refractivity contribution in [3.63, 3.8) is 0 Å². The summed E-state index contributed by atoms with van der Waals surface area (Å²) in [4.78, 5) is 12.0. The molecule has 3 rings (SSSR count). The van der Waals surface area contributed by atoms with Crippen LogP contribution in [0.1, 0.15) is 40.2 Å². The fraction of sp³-hybridized carbons (Fsp3) is 0.571. The Hall–Kier alpha value is -1.73.